The number of halogens is 1. The lowest BCUT2D eigenvalue weighted by Crippen LogP contribution is -2.33. The van der Waals surface area contributed by atoms with Crippen LogP contribution in [0.4, 0.5) is 0 Å². The lowest BCUT2D eigenvalue weighted by atomic mass is 10.6. The highest BCUT2D eigenvalue weighted by Gasteiger charge is 2.14. The van der Waals surface area contributed by atoms with Gasteiger partial charge >= 0.3 is 0 Å². The second-order valence-corrected chi connectivity index (χ2v) is 7.66. The minimum absolute atomic E-state index is 0.720. The molecule has 0 radical (unpaired) electrons. The summed E-state index contributed by atoms with van der Waals surface area (Å²) in [4.78, 5) is 2.42. The normalized spacial score (nSPS) is 14.5. The SMILES string of the molecule is CCN(CC)C[SiH](Cl)C(C)C. The molecule has 0 bridgehead atoms. The maximum Gasteiger partial charge on any atom is 0.157 e. The van der Waals surface area contributed by atoms with E-state index in [9.17, 15) is 0 Å². The number of hydrogen-bond donors (Lipinski definition) is 0. The molecule has 0 aromatic carbocycles. The van der Waals surface area contributed by atoms with Gasteiger partial charge in [0, 0.05) is 6.17 Å². The summed E-state index contributed by atoms with van der Waals surface area (Å²) >= 11 is 6.27. The summed E-state index contributed by atoms with van der Waals surface area (Å²) in [7, 11) is -0.970. The molecule has 68 valence electrons. The molecule has 1 atom stereocenters. The van der Waals surface area contributed by atoms with E-state index in [0.29, 0.717) is 0 Å². The fourth-order valence-electron chi connectivity index (χ4n) is 0.939. The van der Waals surface area contributed by atoms with Gasteiger partial charge in [0.2, 0.25) is 0 Å². The second kappa shape index (κ2) is 6.04. The van der Waals surface area contributed by atoms with Gasteiger partial charge in [-0.15, -0.1) is 0 Å². The van der Waals surface area contributed by atoms with Crippen molar-refractivity contribution in [3.05, 3.63) is 0 Å². The Labute approximate surface area is 77.0 Å². The third-order valence-corrected chi connectivity index (χ3v) is 6.29. The summed E-state index contributed by atoms with van der Waals surface area (Å²) in [6.07, 6.45) is 1.16. The average Bonchev–Trinajstić information content (AvgIpc) is 1.99. The first-order chi connectivity index (χ1) is 5.11. The highest BCUT2D eigenvalue weighted by Crippen LogP contribution is 2.11. The van der Waals surface area contributed by atoms with Crippen LogP contribution in [0.2, 0.25) is 5.54 Å². The summed E-state index contributed by atoms with van der Waals surface area (Å²) in [5.74, 6) is 0. The molecule has 3 heteroatoms. The molecular weight excluding hydrogens is 174 g/mol. The molecule has 1 nitrogen and oxygen atoms in total. The Hall–Kier alpha value is 0.467. The zero-order chi connectivity index (χ0) is 8.85. The summed E-state index contributed by atoms with van der Waals surface area (Å²) in [5, 5.41) is 0. The van der Waals surface area contributed by atoms with Crippen molar-refractivity contribution >= 4 is 19.2 Å². The van der Waals surface area contributed by atoms with Crippen LogP contribution in [-0.4, -0.2) is 32.3 Å². The van der Waals surface area contributed by atoms with Gasteiger partial charge in [0.05, 0.1) is 0 Å². The van der Waals surface area contributed by atoms with Crippen LogP contribution < -0.4 is 0 Å². The minimum atomic E-state index is -0.970. The zero-order valence-electron chi connectivity index (χ0n) is 8.10. The Morgan fingerprint density at radius 3 is 2.00 bits per heavy atom. The van der Waals surface area contributed by atoms with Gasteiger partial charge in [-0.1, -0.05) is 27.7 Å². The van der Waals surface area contributed by atoms with Crippen molar-refractivity contribution in [1.82, 2.24) is 4.90 Å². The Bertz CT molecular complexity index is 94.1. The van der Waals surface area contributed by atoms with Gasteiger partial charge in [0.25, 0.3) is 0 Å². The maximum absolute atomic E-state index is 6.27. The van der Waals surface area contributed by atoms with Gasteiger partial charge in [-0.3, -0.25) is 0 Å². The van der Waals surface area contributed by atoms with Crippen molar-refractivity contribution in [3.63, 3.8) is 0 Å². The quantitative estimate of drug-likeness (QED) is 0.478. The van der Waals surface area contributed by atoms with Gasteiger partial charge < -0.3 is 4.90 Å². The third kappa shape index (κ3) is 4.83. The molecule has 0 rings (SSSR count). The molecule has 0 aliphatic heterocycles. The molecule has 0 fully saturated rings. The summed E-state index contributed by atoms with van der Waals surface area (Å²) in [5.41, 5.74) is 0.720. The van der Waals surface area contributed by atoms with Crippen LogP contribution in [0.1, 0.15) is 27.7 Å². The topological polar surface area (TPSA) is 3.24 Å². The highest BCUT2D eigenvalue weighted by atomic mass is 35.6. The molecule has 0 N–H and O–H groups in total. The van der Waals surface area contributed by atoms with Crippen LogP contribution >= 0.6 is 11.1 Å². The molecule has 0 aliphatic carbocycles. The van der Waals surface area contributed by atoms with E-state index in [1.165, 1.54) is 0 Å². The molecule has 0 saturated heterocycles. The van der Waals surface area contributed by atoms with E-state index in [1.807, 2.05) is 0 Å². The van der Waals surface area contributed by atoms with Crippen molar-refractivity contribution in [2.45, 2.75) is 33.2 Å². The molecule has 11 heavy (non-hydrogen) atoms. The van der Waals surface area contributed by atoms with Crippen molar-refractivity contribution < 1.29 is 0 Å². The first-order valence-electron chi connectivity index (χ1n) is 4.48. The second-order valence-electron chi connectivity index (χ2n) is 3.25. The lowest BCUT2D eigenvalue weighted by Gasteiger charge is -2.22. The van der Waals surface area contributed by atoms with Gasteiger partial charge in [-0.25, -0.2) is 0 Å². The molecule has 1 unspecified atom stereocenters. The summed E-state index contributed by atoms with van der Waals surface area (Å²) in [6, 6.07) is 0. The third-order valence-electron chi connectivity index (χ3n) is 2.05. The van der Waals surface area contributed by atoms with Gasteiger partial charge in [0.1, 0.15) is 0 Å². The van der Waals surface area contributed by atoms with Crippen LogP contribution in [-0.2, 0) is 0 Å². The van der Waals surface area contributed by atoms with Gasteiger partial charge in [-0.2, -0.15) is 11.1 Å². The van der Waals surface area contributed by atoms with E-state index in [0.717, 1.165) is 24.8 Å². The molecule has 0 heterocycles. The molecule has 0 saturated carbocycles. The van der Waals surface area contributed by atoms with Gasteiger partial charge in [-0.05, 0) is 18.6 Å². The fraction of sp³-hybridized carbons (Fsp3) is 1.00. The Morgan fingerprint density at radius 2 is 1.73 bits per heavy atom. The molecule has 0 aromatic rings. The predicted molar refractivity (Wildman–Crippen MR) is 55.9 cm³/mol. The first-order valence-corrected chi connectivity index (χ1v) is 7.71. The molecule has 0 aliphatic rings. The van der Waals surface area contributed by atoms with Crippen molar-refractivity contribution in [2.24, 2.45) is 0 Å². The molecule has 0 spiro atoms. The van der Waals surface area contributed by atoms with Crippen LogP contribution in [0.15, 0.2) is 0 Å². The summed E-state index contributed by atoms with van der Waals surface area (Å²) < 4.78 is 0. The van der Waals surface area contributed by atoms with E-state index in [-0.39, 0.29) is 0 Å². The van der Waals surface area contributed by atoms with Crippen LogP contribution in [0, 0.1) is 0 Å². The zero-order valence-corrected chi connectivity index (χ0v) is 10.0. The number of nitrogens with zero attached hydrogens (tertiary/aromatic N) is 1. The van der Waals surface area contributed by atoms with Crippen LogP contribution in [0.5, 0.6) is 0 Å². The van der Waals surface area contributed by atoms with E-state index in [2.05, 4.69) is 32.6 Å². The van der Waals surface area contributed by atoms with Crippen LogP contribution in [0.3, 0.4) is 0 Å². The van der Waals surface area contributed by atoms with Crippen molar-refractivity contribution in [3.8, 4) is 0 Å². The molecule has 0 aromatic heterocycles. The predicted octanol–water partition coefficient (Wildman–Crippen LogP) is 2.24. The Balaban J connectivity index is 3.62. The van der Waals surface area contributed by atoms with Gasteiger partial charge in [0.15, 0.2) is 8.11 Å². The smallest absolute Gasteiger partial charge is 0.157 e. The number of hydrogen-bond acceptors (Lipinski definition) is 1. The first kappa shape index (κ1) is 11.5. The Kier molecular flexibility index (Phi) is 6.29. The highest BCUT2D eigenvalue weighted by molar-refractivity contribution is 7.07. The van der Waals surface area contributed by atoms with Crippen LogP contribution in [0.25, 0.3) is 0 Å². The van der Waals surface area contributed by atoms with E-state index < -0.39 is 8.11 Å². The lowest BCUT2D eigenvalue weighted by molar-refractivity contribution is 0.350. The summed E-state index contributed by atoms with van der Waals surface area (Å²) in [6.45, 7) is 11.1. The standard InChI is InChI=1S/C8H20ClNSi/c1-5-10(6-2)7-11(9)8(3)4/h8,11H,5-7H2,1-4H3. The van der Waals surface area contributed by atoms with E-state index in [1.54, 1.807) is 0 Å². The average molecular weight is 194 g/mol. The molecular formula is C8H20ClNSi. The Morgan fingerprint density at radius 1 is 1.27 bits per heavy atom. The van der Waals surface area contributed by atoms with Crippen molar-refractivity contribution in [2.75, 3.05) is 19.3 Å². The minimum Gasteiger partial charge on any atom is -0.306 e. The maximum atomic E-state index is 6.27. The van der Waals surface area contributed by atoms with Crippen molar-refractivity contribution in [1.29, 1.82) is 0 Å². The van der Waals surface area contributed by atoms with E-state index >= 15 is 0 Å². The van der Waals surface area contributed by atoms with E-state index in [4.69, 9.17) is 11.1 Å². The largest absolute Gasteiger partial charge is 0.306 e. The fourth-order valence-corrected chi connectivity index (χ4v) is 2.96. The monoisotopic (exact) mass is 193 g/mol. The molecule has 0 amide bonds. The number of rotatable bonds is 5.